The van der Waals surface area contributed by atoms with E-state index in [4.69, 9.17) is 0 Å². The van der Waals surface area contributed by atoms with Gasteiger partial charge < -0.3 is 4.90 Å². The molecule has 0 radical (unpaired) electrons. The zero-order valence-corrected chi connectivity index (χ0v) is 17.5. The number of benzene rings is 2. The summed E-state index contributed by atoms with van der Waals surface area (Å²) in [7, 11) is -3.07. The highest BCUT2D eigenvalue weighted by Gasteiger charge is 2.49. The molecule has 4 rings (SSSR count). The number of thioether (sulfide) groups is 1. The first kappa shape index (κ1) is 18.7. The van der Waals surface area contributed by atoms with E-state index in [1.165, 1.54) is 11.8 Å². The molecule has 5 nitrogen and oxygen atoms in total. The van der Waals surface area contributed by atoms with E-state index in [2.05, 4.69) is 20.9 Å². The lowest BCUT2D eigenvalue weighted by Gasteiger charge is -2.24. The van der Waals surface area contributed by atoms with Gasteiger partial charge in [-0.1, -0.05) is 64.1 Å². The number of hydrogen-bond donors (Lipinski definition) is 0. The van der Waals surface area contributed by atoms with Crippen molar-refractivity contribution < 1.29 is 13.2 Å². The number of anilines is 1. The highest BCUT2D eigenvalue weighted by atomic mass is 79.9. The number of amides is 1. The van der Waals surface area contributed by atoms with Gasteiger partial charge >= 0.3 is 0 Å². The Balaban J connectivity index is 1.65. The van der Waals surface area contributed by atoms with Gasteiger partial charge in [-0.2, -0.15) is 4.99 Å². The van der Waals surface area contributed by atoms with Crippen LogP contribution in [0.4, 0.5) is 5.69 Å². The van der Waals surface area contributed by atoms with Crippen LogP contribution in [0.5, 0.6) is 0 Å². The van der Waals surface area contributed by atoms with Crippen molar-refractivity contribution in [1.82, 2.24) is 0 Å². The van der Waals surface area contributed by atoms with Crippen LogP contribution in [0.1, 0.15) is 5.56 Å². The topological polar surface area (TPSA) is 66.8 Å². The molecule has 0 spiro atoms. The van der Waals surface area contributed by atoms with Gasteiger partial charge in [0, 0.05) is 15.4 Å². The fourth-order valence-corrected chi connectivity index (χ4v) is 7.73. The van der Waals surface area contributed by atoms with E-state index in [-0.39, 0.29) is 35.1 Å². The van der Waals surface area contributed by atoms with E-state index >= 15 is 0 Å². The Labute approximate surface area is 170 Å². The van der Waals surface area contributed by atoms with Crippen molar-refractivity contribution in [1.29, 1.82) is 0 Å². The van der Waals surface area contributed by atoms with Crippen molar-refractivity contribution in [2.24, 2.45) is 4.99 Å². The molecule has 2 aromatic rings. The number of halogens is 1. The fourth-order valence-electron chi connectivity index (χ4n) is 3.41. The van der Waals surface area contributed by atoms with Crippen molar-refractivity contribution in [3.8, 4) is 0 Å². The fraction of sp³-hybridized carbons (Fsp3) is 0.263. The average Bonchev–Trinajstić information content (AvgIpc) is 3.06. The SMILES string of the molecule is O=C(Cc1ccccc1)N=C1S[C@@H]2CS(=O)(=O)C[C@H]2N1c1cccc(Br)c1. The minimum Gasteiger partial charge on any atom is -0.316 e. The van der Waals surface area contributed by atoms with Gasteiger partial charge in [0.15, 0.2) is 15.0 Å². The van der Waals surface area contributed by atoms with Gasteiger partial charge in [-0.15, -0.1) is 0 Å². The maximum atomic E-state index is 12.5. The van der Waals surface area contributed by atoms with Gasteiger partial charge in [0.2, 0.25) is 0 Å². The molecule has 2 aliphatic heterocycles. The average molecular weight is 465 g/mol. The van der Waals surface area contributed by atoms with Gasteiger partial charge in [0.1, 0.15) is 0 Å². The Hall–Kier alpha value is -1.64. The number of nitrogens with zero attached hydrogens (tertiary/aromatic N) is 2. The zero-order chi connectivity index (χ0) is 19.0. The molecule has 27 heavy (non-hydrogen) atoms. The molecule has 2 atom stereocenters. The first-order valence-corrected chi connectivity index (χ1v) is 12.0. The van der Waals surface area contributed by atoms with E-state index in [0.29, 0.717) is 5.17 Å². The summed E-state index contributed by atoms with van der Waals surface area (Å²) in [6.45, 7) is 0. The molecule has 140 valence electrons. The molecule has 0 unspecified atom stereocenters. The summed E-state index contributed by atoms with van der Waals surface area (Å²) in [5.41, 5.74) is 1.75. The number of fused-ring (bicyclic) bond motifs is 1. The van der Waals surface area contributed by atoms with Gasteiger partial charge in [-0.05, 0) is 23.8 Å². The van der Waals surface area contributed by atoms with Gasteiger partial charge in [0.25, 0.3) is 5.91 Å². The predicted molar refractivity (Wildman–Crippen MR) is 113 cm³/mol. The monoisotopic (exact) mass is 464 g/mol. The summed E-state index contributed by atoms with van der Waals surface area (Å²) in [5, 5.41) is 0.483. The second kappa shape index (κ2) is 7.41. The minimum absolute atomic E-state index is 0.0864. The van der Waals surface area contributed by atoms with E-state index in [1.807, 2.05) is 59.5 Å². The van der Waals surface area contributed by atoms with Crippen molar-refractivity contribution in [3.63, 3.8) is 0 Å². The number of sulfone groups is 1. The van der Waals surface area contributed by atoms with E-state index < -0.39 is 9.84 Å². The van der Waals surface area contributed by atoms with Crippen LogP contribution in [0.15, 0.2) is 64.1 Å². The van der Waals surface area contributed by atoms with E-state index in [0.717, 1.165) is 15.7 Å². The Kier molecular flexibility index (Phi) is 5.13. The van der Waals surface area contributed by atoms with Crippen molar-refractivity contribution >= 4 is 54.3 Å². The Morgan fingerprint density at radius 3 is 2.67 bits per heavy atom. The number of rotatable bonds is 3. The van der Waals surface area contributed by atoms with Crippen LogP contribution in [0.2, 0.25) is 0 Å². The number of carbonyl (C=O) groups is 1. The molecule has 0 aromatic heterocycles. The summed E-state index contributed by atoms with van der Waals surface area (Å²) < 4.78 is 25.1. The van der Waals surface area contributed by atoms with Crippen LogP contribution < -0.4 is 4.90 Å². The van der Waals surface area contributed by atoms with Crippen LogP contribution in [-0.4, -0.2) is 42.3 Å². The van der Waals surface area contributed by atoms with Crippen molar-refractivity contribution in [2.75, 3.05) is 16.4 Å². The largest absolute Gasteiger partial charge is 0.316 e. The first-order chi connectivity index (χ1) is 12.9. The van der Waals surface area contributed by atoms with E-state index in [1.54, 1.807) is 0 Å². The smallest absolute Gasteiger partial charge is 0.252 e. The standard InChI is InChI=1S/C19H17BrN2O3S2/c20-14-7-4-8-15(10-14)22-16-11-27(24,25)12-17(16)26-19(22)21-18(23)9-13-5-2-1-3-6-13/h1-8,10,16-17H,9,11-12H2/t16-,17-/m1/s1. The lowest BCUT2D eigenvalue weighted by Crippen LogP contribution is -2.37. The number of hydrogen-bond acceptors (Lipinski definition) is 4. The van der Waals surface area contributed by atoms with Crippen molar-refractivity contribution in [2.45, 2.75) is 17.7 Å². The third-order valence-electron chi connectivity index (χ3n) is 4.57. The summed E-state index contributed by atoms with van der Waals surface area (Å²) in [4.78, 5) is 18.8. The molecule has 0 N–H and O–H groups in total. The second-order valence-electron chi connectivity index (χ2n) is 6.60. The molecule has 8 heteroatoms. The number of amidine groups is 1. The quantitative estimate of drug-likeness (QED) is 0.696. The first-order valence-electron chi connectivity index (χ1n) is 8.49. The zero-order valence-electron chi connectivity index (χ0n) is 14.3. The highest BCUT2D eigenvalue weighted by Crippen LogP contribution is 2.41. The molecule has 2 heterocycles. The van der Waals surface area contributed by atoms with Gasteiger partial charge in [-0.3, -0.25) is 4.79 Å². The molecular weight excluding hydrogens is 448 g/mol. The number of carbonyl (C=O) groups excluding carboxylic acids is 1. The molecule has 0 saturated carbocycles. The predicted octanol–water partition coefficient (Wildman–Crippen LogP) is 3.29. The Morgan fingerprint density at radius 1 is 1.15 bits per heavy atom. The highest BCUT2D eigenvalue weighted by molar-refractivity contribution is 9.10. The lowest BCUT2D eigenvalue weighted by molar-refractivity contribution is -0.117. The van der Waals surface area contributed by atoms with Gasteiger partial charge in [0.05, 0.1) is 24.0 Å². The molecule has 2 saturated heterocycles. The summed E-state index contributed by atoms with van der Waals surface area (Å²) in [6.07, 6.45) is 0.227. The van der Waals surface area contributed by atoms with Crippen LogP contribution in [0.3, 0.4) is 0 Å². The summed E-state index contributed by atoms with van der Waals surface area (Å²) in [5.74, 6) is -0.0199. The number of aliphatic imine (C=N–C) groups is 1. The van der Waals surface area contributed by atoms with Crippen LogP contribution >= 0.6 is 27.7 Å². The Morgan fingerprint density at radius 2 is 1.93 bits per heavy atom. The molecule has 0 aliphatic carbocycles. The normalized spacial score (nSPS) is 24.9. The molecule has 2 fully saturated rings. The van der Waals surface area contributed by atoms with Crippen LogP contribution in [-0.2, 0) is 21.1 Å². The van der Waals surface area contributed by atoms with Crippen LogP contribution in [0, 0.1) is 0 Å². The summed E-state index contributed by atoms with van der Waals surface area (Å²) >= 11 is 4.85. The maximum absolute atomic E-state index is 12.5. The molecule has 0 bridgehead atoms. The molecular formula is C19H17BrN2O3S2. The van der Waals surface area contributed by atoms with Crippen LogP contribution in [0.25, 0.3) is 0 Å². The lowest BCUT2D eigenvalue weighted by atomic mass is 10.1. The Bertz CT molecular complexity index is 1010. The van der Waals surface area contributed by atoms with E-state index in [9.17, 15) is 13.2 Å². The molecule has 2 aliphatic rings. The second-order valence-corrected chi connectivity index (χ2v) is 10.9. The molecule has 1 amide bonds. The van der Waals surface area contributed by atoms with Gasteiger partial charge in [-0.25, -0.2) is 8.42 Å². The van der Waals surface area contributed by atoms with Crippen molar-refractivity contribution in [3.05, 3.63) is 64.6 Å². The minimum atomic E-state index is -3.07. The third-order valence-corrected chi connectivity index (χ3v) is 8.27. The third kappa shape index (κ3) is 4.12. The molecule has 2 aromatic carbocycles. The maximum Gasteiger partial charge on any atom is 0.252 e. The summed E-state index contributed by atoms with van der Waals surface area (Å²) in [6, 6.07) is 16.9.